The number of amidine groups is 1. The molecule has 0 unspecified atom stereocenters. The van der Waals surface area contributed by atoms with Crippen LogP contribution in [-0.2, 0) is 21.2 Å². The van der Waals surface area contributed by atoms with Crippen molar-refractivity contribution in [1.82, 2.24) is 9.80 Å². The van der Waals surface area contributed by atoms with Crippen LogP contribution in [0.15, 0.2) is 57.8 Å². The lowest BCUT2D eigenvalue weighted by Crippen LogP contribution is -2.50. The maximum atomic E-state index is 13.5. The van der Waals surface area contributed by atoms with Gasteiger partial charge in [0.2, 0.25) is 5.91 Å². The molecule has 8 heteroatoms. The Bertz CT molecular complexity index is 1170. The number of benzene rings is 2. The van der Waals surface area contributed by atoms with Crippen molar-refractivity contribution in [1.29, 1.82) is 0 Å². The van der Waals surface area contributed by atoms with Crippen LogP contribution in [-0.4, -0.2) is 55.6 Å². The molecule has 0 N–H and O–H groups in total. The normalized spacial score (nSPS) is 22.7. The molecule has 1 atom stereocenters. The number of halogens is 1. The molecule has 2 aromatic carbocycles. The predicted molar refractivity (Wildman–Crippen MR) is 119 cm³/mol. The van der Waals surface area contributed by atoms with E-state index >= 15 is 0 Å². The minimum atomic E-state index is -3.71. The number of rotatable bonds is 3. The largest absolute Gasteiger partial charge is 0.343 e. The van der Waals surface area contributed by atoms with Gasteiger partial charge in [0.15, 0.2) is 5.84 Å². The highest BCUT2D eigenvalue weighted by Gasteiger charge is 2.41. The van der Waals surface area contributed by atoms with E-state index in [2.05, 4.69) is 4.40 Å². The first-order chi connectivity index (χ1) is 15.4. The molecule has 3 aliphatic rings. The van der Waals surface area contributed by atoms with Gasteiger partial charge in [0.25, 0.3) is 10.0 Å². The van der Waals surface area contributed by atoms with Gasteiger partial charge in [-0.2, -0.15) is 8.42 Å². The van der Waals surface area contributed by atoms with Crippen LogP contribution in [0, 0.1) is 11.7 Å². The standard InChI is InChI=1S/C24H26FN3O3S/c25-19-6-3-5-18(16-19)15-17-10-13-27(14-11-17)24(29)21-8-4-12-28(21)23-20-7-1-2-9-22(20)32(30,31)26-23/h1-3,5-7,9,16-17,21H,4,8,10-15H2/t21-/m0/s1. The molecule has 6 nitrogen and oxygen atoms in total. The molecular formula is C24H26FN3O3S. The maximum absolute atomic E-state index is 13.5. The summed E-state index contributed by atoms with van der Waals surface area (Å²) in [4.78, 5) is 17.4. The van der Waals surface area contributed by atoms with E-state index in [1.54, 1.807) is 36.4 Å². The summed E-state index contributed by atoms with van der Waals surface area (Å²) >= 11 is 0. The summed E-state index contributed by atoms with van der Waals surface area (Å²) < 4.78 is 42.4. The van der Waals surface area contributed by atoms with Gasteiger partial charge in [-0.05, 0) is 67.9 Å². The number of carbonyl (C=O) groups excluding carboxylic acids is 1. The first-order valence-electron chi connectivity index (χ1n) is 11.2. The van der Waals surface area contributed by atoms with E-state index < -0.39 is 10.0 Å². The molecule has 0 spiro atoms. The van der Waals surface area contributed by atoms with E-state index in [0.717, 1.165) is 31.2 Å². The fourth-order valence-electron chi connectivity index (χ4n) is 5.14. The highest BCUT2D eigenvalue weighted by molar-refractivity contribution is 7.90. The molecule has 0 saturated carbocycles. The van der Waals surface area contributed by atoms with Crippen LogP contribution in [0.3, 0.4) is 0 Å². The van der Waals surface area contributed by atoms with Gasteiger partial charge < -0.3 is 9.80 Å². The Balaban J connectivity index is 1.26. The first-order valence-corrected chi connectivity index (χ1v) is 12.6. The van der Waals surface area contributed by atoms with Gasteiger partial charge in [-0.3, -0.25) is 4.79 Å². The molecule has 2 fully saturated rings. The van der Waals surface area contributed by atoms with Gasteiger partial charge in [0, 0.05) is 25.2 Å². The van der Waals surface area contributed by atoms with Gasteiger partial charge in [-0.15, -0.1) is 4.40 Å². The van der Waals surface area contributed by atoms with E-state index in [-0.39, 0.29) is 22.7 Å². The molecule has 1 amide bonds. The second-order valence-corrected chi connectivity index (χ2v) is 10.4. The lowest BCUT2D eigenvalue weighted by Gasteiger charge is -2.36. The fourth-order valence-corrected chi connectivity index (χ4v) is 6.36. The predicted octanol–water partition coefficient (Wildman–Crippen LogP) is 3.22. The molecule has 32 heavy (non-hydrogen) atoms. The van der Waals surface area contributed by atoms with Crippen LogP contribution < -0.4 is 0 Å². The molecule has 168 valence electrons. The Morgan fingerprint density at radius 2 is 1.81 bits per heavy atom. The maximum Gasteiger partial charge on any atom is 0.285 e. The third-order valence-corrected chi connectivity index (χ3v) is 8.09. The summed E-state index contributed by atoms with van der Waals surface area (Å²) in [5.41, 5.74) is 1.58. The highest BCUT2D eigenvalue weighted by atomic mass is 32.2. The van der Waals surface area contributed by atoms with Gasteiger partial charge >= 0.3 is 0 Å². The summed E-state index contributed by atoms with van der Waals surface area (Å²) in [7, 11) is -3.71. The lowest BCUT2D eigenvalue weighted by atomic mass is 9.90. The van der Waals surface area contributed by atoms with Crippen LogP contribution in [0.4, 0.5) is 4.39 Å². The Labute approximate surface area is 187 Å². The van der Waals surface area contributed by atoms with Gasteiger partial charge in [-0.25, -0.2) is 4.39 Å². The Kier molecular flexibility index (Phi) is 5.49. The van der Waals surface area contributed by atoms with E-state index in [9.17, 15) is 17.6 Å². The van der Waals surface area contributed by atoms with E-state index in [4.69, 9.17) is 0 Å². The number of piperidine rings is 1. The number of amides is 1. The molecule has 0 bridgehead atoms. The van der Waals surface area contributed by atoms with Crippen LogP contribution >= 0.6 is 0 Å². The van der Waals surface area contributed by atoms with E-state index in [1.807, 2.05) is 15.9 Å². The quantitative estimate of drug-likeness (QED) is 0.713. The summed E-state index contributed by atoms with van der Waals surface area (Å²) in [5, 5.41) is 0. The topological polar surface area (TPSA) is 70.0 Å². The average molecular weight is 456 g/mol. The molecule has 2 aromatic rings. The van der Waals surface area contributed by atoms with Crippen molar-refractivity contribution in [3.63, 3.8) is 0 Å². The van der Waals surface area contributed by atoms with Gasteiger partial charge in [0.1, 0.15) is 16.8 Å². The smallest absolute Gasteiger partial charge is 0.285 e. The number of nitrogens with zero attached hydrogens (tertiary/aromatic N) is 3. The number of carbonyl (C=O) groups is 1. The minimum absolute atomic E-state index is 0.0520. The number of sulfonamides is 1. The Morgan fingerprint density at radius 1 is 1.03 bits per heavy atom. The number of fused-ring (bicyclic) bond motifs is 1. The van der Waals surface area contributed by atoms with Crippen molar-refractivity contribution in [2.75, 3.05) is 19.6 Å². The summed E-state index contributed by atoms with van der Waals surface area (Å²) in [6, 6.07) is 13.2. The van der Waals surface area contributed by atoms with Crippen LogP contribution in [0.1, 0.15) is 36.8 Å². The summed E-state index contributed by atoms with van der Waals surface area (Å²) in [6.45, 7) is 1.96. The second-order valence-electron chi connectivity index (χ2n) is 8.84. The van der Waals surface area contributed by atoms with Crippen molar-refractivity contribution in [2.24, 2.45) is 10.3 Å². The number of hydrogen-bond donors (Lipinski definition) is 0. The van der Waals surface area contributed by atoms with Crippen LogP contribution in [0.2, 0.25) is 0 Å². The zero-order valence-electron chi connectivity index (χ0n) is 17.8. The van der Waals surface area contributed by atoms with Crippen molar-refractivity contribution >= 4 is 21.8 Å². The van der Waals surface area contributed by atoms with Gasteiger partial charge in [-0.1, -0.05) is 24.3 Å². The van der Waals surface area contributed by atoms with Crippen molar-refractivity contribution in [3.8, 4) is 0 Å². The monoisotopic (exact) mass is 455 g/mol. The summed E-state index contributed by atoms with van der Waals surface area (Å²) in [5.74, 6) is 0.667. The molecule has 0 aliphatic carbocycles. The third kappa shape index (κ3) is 3.92. The molecule has 3 heterocycles. The molecule has 5 rings (SSSR count). The molecule has 0 aromatic heterocycles. The number of likely N-dealkylation sites (tertiary alicyclic amines) is 2. The second kappa shape index (κ2) is 8.31. The molecule has 2 saturated heterocycles. The zero-order chi connectivity index (χ0) is 22.3. The molecular weight excluding hydrogens is 429 g/mol. The lowest BCUT2D eigenvalue weighted by molar-refractivity contribution is -0.136. The van der Waals surface area contributed by atoms with Gasteiger partial charge in [0.05, 0.1) is 0 Å². The molecule has 0 radical (unpaired) electrons. The van der Waals surface area contributed by atoms with Crippen molar-refractivity contribution in [2.45, 2.75) is 43.0 Å². The average Bonchev–Trinajstić information content (AvgIpc) is 3.37. The Hall–Kier alpha value is -2.74. The van der Waals surface area contributed by atoms with Crippen molar-refractivity contribution in [3.05, 3.63) is 65.5 Å². The SMILES string of the molecule is O=C([C@@H]1CCCN1C1=NS(=O)(=O)c2ccccc21)N1CCC(Cc2cccc(F)c2)CC1. The number of hydrogen-bond acceptors (Lipinski definition) is 4. The fraction of sp³-hybridized carbons (Fsp3) is 0.417. The first kappa shape index (κ1) is 21.1. The van der Waals surface area contributed by atoms with E-state index in [1.165, 1.54) is 6.07 Å². The third-order valence-electron chi connectivity index (χ3n) is 6.76. The van der Waals surface area contributed by atoms with Crippen molar-refractivity contribution < 1.29 is 17.6 Å². The Morgan fingerprint density at radius 3 is 2.59 bits per heavy atom. The zero-order valence-corrected chi connectivity index (χ0v) is 18.6. The van der Waals surface area contributed by atoms with Crippen LogP contribution in [0.5, 0.6) is 0 Å². The summed E-state index contributed by atoms with van der Waals surface area (Å²) in [6.07, 6.45) is 4.11. The highest BCUT2D eigenvalue weighted by Crippen LogP contribution is 2.32. The molecule has 3 aliphatic heterocycles. The van der Waals surface area contributed by atoms with E-state index in [0.29, 0.717) is 43.4 Å². The van der Waals surface area contributed by atoms with Crippen LogP contribution in [0.25, 0.3) is 0 Å². The minimum Gasteiger partial charge on any atom is -0.343 e.